The van der Waals surface area contributed by atoms with Gasteiger partial charge >= 0.3 is 12.1 Å². The molecule has 0 saturated carbocycles. The highest BCUT2D eigenvalue weighted by Gasteiger charge is 2.30. The lowest BCUT2D eigenvalue weighted by Gasteiger charge is -2.07. The molecular formula is C18H12F4N2O5. The number of hydrogen-bond acceptors (Lipinski definition) is 5. The maximum Gasteiger partial charge on any atom is 0.416 e. The van der Waals surface area contributed by atoms with Crippen molar-refractivity contribution in [1.29, 1.82) is 0 Å². The number of nitro groups is 1. The van der Waals surface area contributed by atoms with Crippen molar-refractivity contribution in [2.45, 2.75) is 6.18 Å². The summed E-state index contributed by atoms with van der Waals surface area (Å²) in [6, 6.07) is 6.67. The average Bonchev–Trinajstić information content (AvgIpc) is 2.66. The number of nitrogens with zero attached hydrogens (tertiary/aromatic N) is 1. The summed E-state index contributed by atoms with van der Waals surface area (Å²) in [6.07, 6.45) is -2.66. The molecule has 0 aromatic heterocycles. The van der Waals surface area contributed by atoms with Crippen molar-refractivity contribution in [3.8, 4) is 0 Å². The molecule has 11 heteroatoms. The molecule has 0 heterocycles. The molecule has 7 nitrogen and oxygen atoms in total. The molecule has 1 N–H and O–H groups in total. The molecule has 0 unspecified atom stereocenters. The second-order valence-electron chi connectivity index (χ2n) is 5.53. The van der Waals surface area contributed by atoms with Crippen LogP contribution in [0.1, 0.15) is 11.1 Å². The number of hydrogen-bond donors (Lipinski definition) is 1. The van der Waals surface area contributed by atoms with Crippen molar-refractivity contribution in [2.24, 2.45) is 0 Å². The van der Waals surface area contributed by atoms with Gasteiger partial charge in [0.25, 0.3) is 11.6 Å². The van der Waals surface area contributed by atoms with E-state index in [-0.39, 0.29) is 5.56 Å². The number of amides is 1. The van der Waals surface area contributed by atoms with Gasteiger partial charge in [-0.25, -0.2) is 9.18 Å². The highest BCUT2D eigenvalue weighted by atomic mass is 19.4. The van der Waals surface area contributed by atoms with E-state index in [0.717, 1.165) is 48.6 Å². The highest BCUT2D eigenvalue weighted by Crippen LogP contribution is 2.29. The number of non-ortho nitro benzene ring substituents is 1. The van der Waals surface area contributed by atoms with Crippen molar-refractivity contribution >= 4 is 29.3 Å². The molecule has 2 aromatic carbocycles. The summed E-state index contributed by atoms with van der Waals surface area (Å²) in [4.78, 5) is 33.2. The molecule has 0 bridgehead atoms. The molecule has 0 aliphatic heterocycles. The van der Waals surface area contributed by atoms with Gasteiger partial charge in [0, 0.05) is 18.2 Å². The highest BCUT2D eigenvalue weighted by molar-refractivity contribution is 5.95. The number of ether oxygens (including phenoxy) is 1. The van der Waals surface area contributed by atoms with Crippen molar-refractivity contribution in [2.75, 3.05) is 11.9 Å². The molecule has 2 aromatic rings. The fraction of sp³-hybridized carbons (Fsp3) is 0.111. The van der Waals surface area contributed by atoms with Gasteiger partial charge in [-0.3, -0.25) is 14.9 Å². The number of carbonyl (C=O) groups excluding carboxylic acids is 2. The van der Waals surface area contributed by atoms with E-state index in [4.69, 9.17) is 0 Å². The van der Waals surface area contributed by atoms with Crippen LogP contribution in [0.5, 0.6) is 0 Å². The van der Waals surface area contributed by atoms with Gasteiger partial charge in [-0.1, -0.05) is 12.1 Å². The minimum Gasteiger partial charge on any atom is -0.452 e. The molecule has 0 spiro atoms. The van der Waals surface area contributed by atoms with Gasteiger partial charge in [0.1, 0.15) is 5.82 Å². The molecule has 1 amide bonds. The summed E-state index contributed by atoms with van der Waals surface area (Å²) in [5, 5.41) is 12.7. The number of rotatable bonds is 6. The molecule has 0 aliphatic carbocycles. The van der Waals surface area contributed by atoms with E-state index >= 15 is 0 Å². The van der Waals surface area contributed by atoms with Crippen LogP contribution in [0, 0.1) is 15.9 Å². The van der Waals surface area contributed by atoms with E-state index in [2.05, 4.69) is 4.74 Å². The summed E-state index contributed by atoms with van der Waals surface area (Å²) in [5.74, 6) is -2.93. The third-order valence-corrected chi connectivity index (χ3v) is 3.41. The Morgan fingerprint density at radius 2 is 1.90 bits per heavy atom. The number of nitrogens with one attached hydrogen (secondary N) is 1. The van der Waals surface area contributed by atoms with Crippen LogP contribution in [0.3, 0.4) is 0 Å². The number of alkyl halides is 3. The Labute approximate surface area is 160 Å². The second kappa shape index (κ2) is 8.95. The van der Waals surface area contributed by atoms with Gasteiger partial charge < -0.3 is 10.1 Å². The SMILES string of the molecule is O=C(COC(=O)/C=C/c1cccc(C(F)(F)F)c1)Nc1cc([N+](=O)[O-])ccc1F. The molecule has 0 fully saturated rings. The zero-order valence-corrected chi connectivity index (χ0v) is 14.4. The Morgan fingerprint density at radius 3 is 2.55 bits per heavy atom. The van der Waals surface area contributed by atoms with Crippen LogP contribution >= 0.6 is 0 Å². The van der Waals surface area contributed by atoms with Gasteiger partial charge in [-0.2, -0.15) is 13.2 Å². The van der Waals surface area contributed by atoms with Gasteiger partial charge in [0.05, 0.1) is 16.2 Å². The minimum atomic E-state index is -4.54. The Hall–Kier alpha value is -3.76. The van der Waals surface area contributed by atoms with Crippen LogP contribution in [-0.4, -0.2) is 23.4 Å². The first-order valence-electron chi connectivity index (χ1n) is 7.82. The molecular weight excluding hydrogens is 400 g/mol. The number of halogens is 4. The van der Waals surface area contributed by atoms with Gasteiger partial charge in [0.2, 0.25) is 0 Å². The summed E-state index contributed by atoms with van der Waals surface area (Å²) < 4.78 is 56.1. The number of nitro benzene ring substituents is 1. The average molecular weight is 412 g/mol. The Bertz CT molecular complexity index is 973. The summed E-state index contributed by atoms with van der Waals surface area (Å²) in [5.41, 5.74) is -1.74. The first kappa shape index (κ1) is 21.5. The maximum atomic E-state index is 13.6. The fourth-order valence-corrected chi connectivity index (χ4v) is 2.08. The van der Waals surface area contributed by atoms with Crippen LogP contribution in [-0.2, 0) is 20.5 Å². The summed E-state index contributed by atoms with van der Waals surface area (Å²) >= 11 is 0. The fourth-order valence-electron chi connectivity index (χ4n) is 2.08. The van der Waals surface area contributed by atoms with E-state index in [1.165, 1.54) is 6.07 Å². The molecule has 152 valence electrons. The largest absolute Gasteiger partial charge is 0.452 e. The first-order chi connectivity index (χ1) is 13.6. The standard InChI is InChI=1S/C18H12F4N2O5/c19-14-6-5-13(24(27)28)9-15(14)23-16(25)10-29-17(26)7-4-11-2-1-3-12(8-11)18(20,21)22/h1-9H,10H2,(H,23,25)/b7-4+. The van der Waals surface area contributed by atoms with Crippen LogP contribution in [0.4, 0.5) is 28.9 Å². The Balaban J connectivity index is 1.92. The minimum absolute atomic E-state index is 0.0832. The molecule has 0 atom stereocenters. The maximum absolute atomic E-state index is 13.6. The van der Waals surface area contributed by atoms with Gasteiger partial charge in [-0.05, 0) is 29.8 Å². The predicted octanol–water partition coefficient (Wildman–Crippen LogP) is 3.95. The molecule has 2 rings (SSSR count). The normalized spacial score (nSPS) is 11.3. The number of anilines is 1. The van der Waals surface area contributed by atoms with Crippen molar-refractivity contribution in [3.63, 3.8) is 0 Å². The van der Waals surface area contributed by atoms with Gasteiger partial charge in [-0.15, -0.1) is 0 Å². The lowest BCUT2D eigenvalue weighted by atomic mass is 10.1. The van der Waals surface area contributed by atoms with Gasteiger partial charge in [0.15, 0.2) is 6.61 Å². The molecule has 0 saturated heterocycles. The van der Waals surface area contributed by atoms with E-state index in [9.17, 15) is 37.3 Å². The topological polar surface area (TPSA) is 98.5 Å². The summed E-state index contributed by atoms with van der Waals surface area (Å²) in [6.45, 7) is -0.839. The van der Waals surface area contributed by atoms with E-state index in [1.807, 2.05) is 5.32 Å². The van der Waals surface area contributed by atoms with Crippen molar-refractivity contribution < 1.29 is 36.8 Å². The zero-order valence-electron chi connectivity index (χ0n) is 14.4. The van der Waals surface area contributed by atoms with Crippen molar-refractivity contribution in [1.82, 2.24) is 0 Å². The monoisotopic (exact) mass is 412 g/mol. The summed E-state index contributed by atoms with van der Waals surface area (Å²) in [7, 11) is 0. The van der Waals surface area contributed by atoms with Crippen LogP contribution in [0.15, 0.2) is 48.5 Å². The number of esters is 1. The van der Waals surface area contributed by atoms with E-state index < -0.39 is 52.3 Å². The van der Waals surface area contributed by atoms with Crippen LogP contribution in [0.2, 0.25) is 0 Å². The molecule has 0 aliphatic rings. The Kier molecular flexibility index (Phi) is 6.65. The smallest absolute Gasteiger partial charge is 0.416 e. The van der Waals surface area contributed by atoms with Crippen LogP contribution < -0.4 is 5.32 Å². The molecule has 29 heavy (non-hydrogen) atoms. The first-order valence-corrected chi connectivity index (χ1v) is 7.82. The molecule has 0 radical (unpaired) electrons. The Morgan fingerprint density at radius 1 is 1.17 bits per heavy atom. The predicted molar refractivity (Wildman–Crippen MR) is 93.1 cm³/mol. The van der Waals surface area contributed by atoms with Crippen LogP contribution in [0.25, 0.3) is 6.08 Å². The lowest BCUT2D eigenvalue weighted by Crippen LogP contribution is -2.20. The second-order valence-corrected chi connectivity index (χ2v) is 5.53. The third-order valence-electron chi connectivity index (χ3n) is 3.41. The number of carbonyl (C=O) groups is 2. The lowest BCUT2D eigenvalue weighted by molar-refractivity contribution is -0.384. The van der Waals surface area contributed by atoms with Crippen molar-refractivity contribution in [3.05, 3.63) is 75.6 Å². The van der Waals surface area contributed by atoms with E-state index in [1.54, 1.807) is 0 Å². The quantitative estimate of drug-likeness (QED) is 0.255. The van der Waals surface area contributed by atoms with E-state index in [0.29, 0.717) is 0 Å². The zero-order chi connectivity index (χ0) is 21.6. The number of benzene rings is 2. The third kappa shape index (κ3) is 6.41.